The molecular formula is C23H32N6O3. The Morgan fingerprint density at radius 3 is 2.72 bits per heavy atom. The van der Waals surface area contributed by atoms with Gasteiger partial charge in [0.25, 0.3) is 5.91 Å². The van der Waals surface area contributed by atoms with Gasteiger partial charge in [-0.05, 0) is 44.2 Å². The first kappa shape index (κ1) is 22.1. The molecule has 0 spiro atoms. The van der Waals surface area contributed by atoms with Crippen molar-refractivity contribution in [3.8, 4) is 0 Å². The van der Waals surface area contributed by atoms with E-state index in [2.05, 4.69) is 20.2 Å². The topological polar surface area (TPSA) is 94.8 Å². The number of carbonyl (C=O) groups excluding carboxylic acids is 2. The lowest BCUT2D eigenvalue weighted by Gasteiger charge is -2.36. The molecule has 2 aromatic heterocycles. The van der Waals surface area contributed by atoms with E-state index in [1.807, 2.05) is 17.9 Å². The molecule has 2 aliphatic heterocycles. The normalized spacial score (nSPS) is 19.2. The van der Waals surface area contributed by atoms with E-state index in [-0.39, 0.29) is 11.8 Å². The van der Waals surface area contributed by atoms with Gasteiger partial charge in [-0.3, -0.25) is 9.59 Å². The molecule has 2 saturated heterocycles. The molecule has 2 fully saturated rings. The van der Waals surface area contributed by atoms with Crippen molar-refractivity contribution in [3.05, 3.63) is 36.5 Å². The van der Waals surface area contributed by atoms with E-state index >= 15 is 0 Å². The van der Waals surface area contributed by atoms with E-state index in [4.69, 9.17) is 4.42 Å². The number of hydrogen-bond donors (Lipinski definition) is 1. The highest BCUT2D eigenvalue weighted by atomic mass is 16.3. The highest BCUT2D eigenvalue weighted by molar-refractivity contribution is 5.91. The van der Waals surface area contributed by atoms with Crippen molar-refractivity contribution in [2.45, 2.75) is 32.6 Å². The summed E-state index contributed by atoms with van der Waals surface area (Å²) in [4.78, 5) is 39.8. The maximum Gasteiger partial charge on any atom is 0.289 e. The summed E-state index contributed by atoms with van der Waals surface area (Å²) in [6, 6.07) is 5.39. The average Bonchev–Trinajstić information content (AvgIpc) is 3.38. The second kappa shape index (κ2) is 10.5. The van der Waals surface area contributed by atoms with Crippen molar-refractivity contribution in [1.29, 1.82) is 0 Å². The molecule has 1 atom stereocenters. The standard InChI is InChI=1S/C23H32N6O3/c1-2-24-20-15-21(26-17-25-20)29-9-3-5-18(16-29)7-8-22(30)27-10-12-28(13-11-27)23(31)19-6-4-14-32-19/h4,6,14-15,17-18H,2-3,5,7-13,16H2,1H3,(H,24,25,26). The fourth-order valence-corrected chi connectivity index (χ4v) is 4.51. The molecule has 1 unspecified atom stereocenters. The maximum absolute atomic E-state index is 12.8. The minimum absolute atomic E-state index is 0.105. The average molecular weight is 441 g/mol. The Balaban J connectivity index is 1.23. The summed E-state index contributed by atoms with van der Waals surface area (Å²) in [5, 5.41) is 3.23. The Kier molecular flexibility index (Phi) is 7.24. The van der Waals surface area contributed by atoms with Gasteiger partial charge in [-0.1, -0.05) is 0 Å². The quantitative estimate of drug-likeness (QED) is 0.707. The van der Waals surface area contributed by atoms with Gasteiger partial charge in [0, 0.05) is 58.3 Å². The van der Waals surface area contributed by atoms with Crippen LogP contribution >= 0.6 is 0 Å². The molecule has 2 aromatic rings. The number of hydrogen-bond acceptors (Lipinski definition) is 7. The first-order valence-corrected chi connectivity index (χ1v) is 11.6. The Labute approximate surface area is 188 Å². The Morgan fingerprint density at radius 2 is 1.97 bits per heavy atom. The second-order valence-electron chi connectivity index (χ2n) is 8.44. The molecule has 4 rings (SSSR count). The van der Waals surface area contributed by atoms with E-state index < -0.39 is 0 Å². The zero-order valence-electron chi connectivity index (χ0n) is 18.7. The molecule has 4 heterocycles. The number of piperidine rings is 1. The first-order chi connectivity index (χ1) is 15.6. The zero-order chi connectivity index (χ0) is 22.3. The van der Waals surface area contributed by atoms with E-state index in [0.29, 0.717) is 44.3 Å². The van der Waals surface area contributed by atoms with Crippen LogP contribution in [-0.4, -0.2) is 77.4 Å². The van der Waals surface area contributed by atoms with E-state index in [1.54, 1.807) is 23.4 Å². The van der Waals surface area contributed by atoms with Crippen LogP contribution in [0.5, 0.6) is 0 Å². The van der Waals surface area contributed by atoms with Crippen molar-refractivity contribution >= 4 is 23.5 Å². The van der Waals surface area contributed by atoms with Gasteiger partial charge in [0.1, 0.15) is 18.0 Å². The van der Waals surface area contributed by atoms with Gasteiger partial charge < -0.3 is 24.4 Å². The van der Waals surface area contributed by atoms with Crippen LogP contribution in [0.4, 0.5) is 11.6 Å². The number of carbonyl (C=O) groups is 2. The largest absolute Gasteiger partial charge is 0.459 e. The molecule has 9 nitrogen and oxygen atoms in total. The van der Waals surface area contributed by atoms with Crippen LogP contribution < -0.4 is 10.2 Å². The van der Waals surface area contributed by atoms with Crippen LogP contribution in [0, 0.1) is 5.92 Å². The molecule has 0 bridgehead atoms. The van der Waals surface area contributed by atoms with Gasteiger partial charge in [0.15, 0.2) is 5.76 Å². The van der Waals surface area contributed by atoms with Crippen LogP contribution in [0.2, 0.25) is 0 Å². The molecule has 2 amide bonds. The predicted molar refractivity (Wildman–Crippen MR) is 122 cm³/mol. The van der Waals surface area contributed by atoms with Gasteiger partial charge in [-0.2, -0.15) is 0 Å². The van der Waals surface area contributed by atoms with Crippen molar-refractivity contribution in [2.24, 2.45) is 5.92 Å². The summed E-state index contributed by atoms with van der Waals surface area (Å²) in [5.41, 5.74) is 0. The summed E-state index contributed by atoms with van der Waals surface area (Å²) in [6.07, 6.45) is 6.79. The van der Waals surface area contributed by atoms with Crippen molar-refractivity contribution in [1.82, 2.24) is 19.8 Å². The highest BCUT2D eigenvalue weighted by Gasteiger charge is 2.27. The van der Waals surface area contributed by atoms with Crippen LogP contribution in [0.25, 0.3) is 0 Å². The number of amides is 2. The molecule has 0 aromatic carbocycles. The monoisotopic (exact) mass is 440 g/mol. The van der Waals surface area contributed by atoms with E-state index in [9.17, 15) is 9.59 Å². The summed E-state index contributed by atoms with van der Waals surface area (Å²) < 4.78 is 5.20. The molecule has 9 heteroatoms. The third-order valence-corrected chi connectivity index (χ3v) is 6.27. The zero-order valence-corrected chi connectivity index (χ0v) is 18.7. The van der Waals surface area contributed by atoms with Gasteiger partial charge in [-0.25, -0.2) is 9.97 Å². The van der Waals surface area contributed by atoms with Crippen LogP contribution in [0.15, 0.2) is 35.2 Å². The number of nitrogens with zero attached hydrogens (tertiary/aromatic N) is 5. The molecule has 172 valence electrons. The minimum Gasteiger partial charge on any atom is -0.459 e. The van der Waals surface area contributed by atoms with Gasteiger partial charge in [-0.15, -0.1) is 0 Å². The SMILES string of the molecule is CCNc1cc(N2CCCC(CCC(=O)N3CCN(C(=O)c4ccco4)CC3)C2)ncn1. The molecule has 2 aliphatic rings. The number of nitrogens with one attached hydrogen (secondary N) is 1. The minimum atomic E-state index is -0.105. The lowest BCUT2D eigenvalue weighted by molar-refractivity contribution is -0.133. The van der Waals surface area contributed by atoms with Crippen molar-refractivity contribution in [3.63, 3.8) is 0 Å². The predicted octanol–water partition coefficient (Wildman–Crippen LogP) is 2.48. The molecule has 0 radical (unpaired) electrons. The molecule has 0 saturated carbocycles. The summed E-state index contributed by atoms with van der Waals surface area (Å²) >= 11 is 0. The number of furan rings is 1. The van der Waals surface area contributed by atoms with Gasteiger partial charge in [0.2, 0.25) is 5.91 Å². The highest BCUT2D eigenvalue weighted by Crippen LogP contribution is 2.26. The maximum atomic E-state index is 12.8. The molecule has 32 heavy (non-hydrogen) atoms. The third-order valence-electron chi connectivity index (χ3n) is 6.27. The lowest BCUT2D eigenvalue weighted by Crippen LogP contribution is -2.50. The fraction of sp³-hybridized carbons (Fsp3) is 0.565. The Hall–Kier alpha value is -3.10. The van der Waals surface area contributed by atoms with E-state index in [0.717, 1.165) is 50.5 Å². The second-order valence-corrected chi connectivity index (χ2v) is 8.44. The van der Waals surface area contributed by atoms with Crippen molar-refractivity contribution in [2.75, 3.05) is 56.0 Å². The van der Waals surface area contributed by atoms with Crippen LogP contribution in [-0.2, 0) is 4.79 Å². The summed E-state index contributed by atoms with van der Waals surface area (Å²) in [6.45, 7) is 7.03. The summed E-state index contributed by atoms with van der Waals surface area (Å²) in [5.74, 6) is 2.71. The Morgan fingerprint density at radius 1 is 1.16 bits per heavy atom. The summed E-state index contributed by atoms with van der Waals surface area (Å²) in [7, 11) is 0. The number of piperazine rings is 1. The smallest absolute Gasteiger partial charge is 0.289 e. The Bertz CT molecular complexity index is 895. The molecule has 0 aliphatic carbocycles. The molecule has 1 N–H and O–H groups in total. The van der Waals surface area contributed by atoms with Crippen molar-refractivity contribution < 1.29 is 14.0 Å². The number of aromatic nitrogens is 2. The lowest BCUT2D eigenvalue weighted by atomic mass is 9.93. The van der Waals surface area contributed by atoms with Gasteiger partial charge in [0.05, 0.1) is 6.26 Å². The van der Waals surface area contributed by atoms with Gasteiger partial charge >= 0.3 is 0 Å². The fourth-order valence-electron chi connectivity index (χ4n) is 4.51. The van der Waals surface area contributed by atoms with Crippen LogP contribution in [0.1, 0.15) is 43.2 Å². The number of rotatable bonds is 7. The first-order valence-electron chi connectivity index (χ1n) is 11.6. The number of anilines is 2. The van der Waals surface area contributed by atoms with Crippen LogP contribution in [0.3, 0.4) is 0 Å². The molecular weight excluding hydrogens is 408 g/mol. The third kappa shape index (κ3) is 5.38. The van der Waals surface area contributed by atoms with E-state index in [1.165, 1.54) is 6.26 Å².